The molecule has 0 aliphatic carbocycles. The number of carbonyl (C=O) groups excluding carboxylic acids is 1. The number of carbonyl (C=O) groups is 1. The molecule has 1 N–H and O–H groups in total. The van der Waals surface area contributed by atoms with Crippen LogP contribution in [0.1, 0.15) is 20.8 Å². The molecule has 0 aliphatic rings. The van der Waals surface area contributed by atoms with Gasteiger partial charge in [0.25, 0.3) is 10.0 Å². The Labute approximate surface area is 121 Å². The second kappa shape index (κ2) is 4.75. The van der Waals surface area contributed by atoms with E-state index in [1.165, 1.54) is 10.6 Å². The highest BCUT2D eigenvalue weighted by Gasteiger charge is 2.30. The van der Waals surface area contributed by atoms with E-state index in [4.69, 9.17) is 11.6 Å². The molecule has 0 aromatic carbocycles. The van der Waals surface area contributed by atoms with Crippen LogP contribution >= 0.6 is 11.6 Å². The van der Waals surface area contributed by atoms with Gasteiger partial charge < -0.3 is 0 Å². The summed E-state index contributed by atoms with van der Waals surface area (Å²) in [5.41, 5.74) is -0.443. The molecule has 0 aliphatic heterocycles. The van der Waals surface area contributed by atoms with Gasteiger partial charge in [0.15, 0.2) is 10.2 Å². The van der Waals surface area contributed by atoms with Crippen molar-refractivity contribution < 1.29 is 13.2 Å². The van der Waals surface area contributed by atoms with E-state index in [2.05, 4.69) is 4.98 Å². The molecule has 0 saturated heterocycles. The Kier molecular flexibility index (Phi) is 3.51. The van der Waals surface area contributed by atoms with Crippen molar-refractivity contribution in [1.29, 1.82) is 0 Å². The fraction of sp³-hybridized carbons (Fsp3) is 0.333. The molecular weight excluding hydrogens is 302 g/mol. The van der Waals surface area contributed by atoms with Gasteiger partial charge in [-0.05, 0) is 12.1 Å². The maximum Gasteiger partial charge on any atom is 0.283 e. The number of nitrogens with one attached hydrogen (secondary N) is 1. The van der Waals surface area contributed by atoms with Gasteiger partial charge in [-0.2, -0.15) is 8.42 Å². The van der Waals surface area contributed by atoms with Crippen molar-refractivity contribution in [3.63, 3.8) is 0 Å². The number of hydrogen-bond acceptors (Lipinski definition) is 4. The summed E-state index contributed by atoms with van der Waals surface area (Å²) < 4.78 is 28.0. The zero-order valence-electron chi connectivity index (χ0n) is 11.2. The first-order chi connectivity index (χ1) is 9.13. The standard InChI is InChI=1S/C12H14ClN3O3S/c1-12(2,3)11(17)15-20(18,19)10-9(13)14-8-6-4-5-7-16(8)10/h4-7H,1-3H3,(H,15,17). The lowest BCUT2D eigenvalue weighted by molar-refractivity contribution is -0.126. The van der Waals surface area contributed by atoms with Gasteiger partial charge >= 0.3 is 0 Å². The molecule has 0 fully saturated rings. The zero-order valence-corrected chi connectivity index (χ0v) is 12.8. The van der Waals surface area contributed by atoms with Gasteiger partial charge in [0.2, 0.25) is 5.91 Å². The highest BCUT2D eigenvalue weighted by Crippen LogP contribution is 2.23. The number of fused-ring (bicyclic) bond motifs is 1. The van der Waals surface area contributed by atoms with Crippen molar-refractivity contribution in [3.05, 3.63) is 29.5 Å². The topological polar surface area (TPSA) is 80.5 Å². The van der Waals surface area contributed by atoms with Gasteiger partial charge in [-0.3, -0.25) is 9.20 Å². The highest BCUT2D eigenvalue weighted by atomic mass is 35.5. The molecule has 0 bridgehead atoms. The van der Waals surface area contributed by atoms with E-state index in [1.54, 1.807) is 39.0 Å². The maximum absolute atomic E-state index is 12.3. The SMILES string of the molecule is CC(C)(C)C(=O)NS(=O)(=O)c1c(Cl)nc2ccccn12. The van der Waals surface area contributed by atoms with Crippen molar-refractivity contribution in [2.45, 2.75) is 25.8 Å². The van der Waals surface area contributed by atoms with E-state index >= 15 is 0 Å². The van der Waals surface area contributed by atoms with Gasteiger partial charge in [0.1, 0.15) is 5.65 Å². The Morgan fingerprint density at radius 1 is 1.35 bits per heavy atom. The number of pyridine rings is 1. The van der Waals surface area contributed by atoms with Crippen LogP contribution < -0.4 is 4.72 Å². The lowest BCUT2D eigenvalue weighted by atomic mass is 9.96. The average molecular weight is 316 g/mol. The van der Waals surface area contributed by atoms with E-state index in [0.29, 0.717) is 5.65 Å². The summed E-state index contributed by atoms with van der Waals surface area (Å²) in [7, 11) is -4.09. The summed E-state index contributed by atoms with van der Waals surface area (Å²) in [6, 6.07) is 4.98. The van der Waals surface area contributed by atoms with Crippen LogP contribution in [-0.4, -0.2) is 23.7 Å². The Hall–Kier alpha value is -1.60. The summed E-state index contributed by atoms with van der Waals surface area (Å²) >= 11 is 5.89. The van der Waals surface area contributed by atoms with Crippen molar-refractivity contribution in [2.75, 3.05) is 0 Å². The molecule has 20 heavy (non-hydrogen) atoms. The first-order valence-electron chi connectivity index (χ1n) is 5.83. The van der Waals surface area contributed by atoms with Crippen LogP contribution in [0.2, 0.25) is 5.15 Å². The zero-order chi connectivity index (χ0) is 15.1. The predicted molar refractivity (Wildman–Crippen MR) is 75.0 cm³/mol. The van der Waals surface area contributed by atoms with Crippen molar-refractivity contribution in [2.24, 2.45) is 5.41 Å². The maximum atomic E-state index is 12.3. The molecule has 0 atom stereocenters. The molecule has 2 aromatic heterocycles. The minimum Gasteiger partial charge on any atom is -0.288 e. The molecule has 0 unspecified atom stereocenters. The van der Waals surface area contributed by atoms with Gasteiger partial charge in [-0.1, -0.05) is 38.4 Å². The number of nitrogens with zero attached hydrogens (tertiary/aromatic N) is 2. The van der Waals surface area contributed by atoms with Gasteiger partial charge in [0, 0.05) is 11.6 Å². The summed E-state index contributed by atoms with van der Waals surface area (Å²) in [6.45, 7) is 4.86. The van der Waals surface area contributed by atoms with E-state index in [0.717, 1.165) is 0 Å². The highest BCUT2D eigenvalue weighted by molar-refractivity contribution is 7.90. The van der Waals surface area contributed by atoms with Crippen LogP contribution in [0, 0.1) is 5.41 Å². The third-order valence-electron chi connectivity index (χ3n) is 2.61. The van der Waals surface area contributed by atoms with Crippen molar-refractivity contribution >= 4 is 33.2 Å². The largest absolute Gasteiger partial charge is 0.288 e. The lowest BCUT2D eigenvalue weighted by Gasteiger charge is -2.17. The second-order valence-corrected chi connectivity index (χ2v) is 7.28. The Morgan fingerprint density at radius 3 is 2.60 bits per heavy atom. The minimum absolute atomic E-state index is 0.176. The van der Waals surface area contributed by atoms with E-state index < -0.39 is 21.3 Å². The molecule has 0 saturated carbocycles. The van der Waals surface area contributed by atoms with Gasteiger partial charge in [0.05, 0.1) is 0 Å². The minimum atomic E-state index is -4.09. The van der Waals surface area contributed by atoms with Crippen LogP contribution in [0.15, 0.2) is 29.4 Å². The fourth-order valence-corrected chi connectivity index (χ4v) is 3.32. The van der Waals surface area contributed by atoms with Crippen molar-refractivity contribution in [3.8, 4) is 0 Å². The van der Waals surface area contributed by atoms with Crippen LogP contribution in [0.4, 0.5) is 0 Å². The third kappa shape index (κ3) is 2.64. The molecule has 6 nitrogen and oxygen atoms in total. The molecule has 0 radical (unpaired) electrons. The molecule has 0 spiro atoms. The second-order valence-electron chi connectivity index (χ2n) is 5.32. The summed E-state index contributed by atoms with van der Waals surface area (Å²) in [4.78, 5) is 15.8. The van der Waals surface area contributed by atoms with Crippen LogP contribution in [0.5, 0.6) is 0 Å². The Balaban J connectivity index is 2.53. The lowest BCUT2D eigenvalue weighted by Crippen LogP contribution is -2.39. The van der Waals surface area contributed by atoms with E-state index in [1.807, 2.05) is 4.72 Å². The number of halogens is 1. The van der Waals surface area contributed by atoms with E-state index in [9.17, 15) is 13.2 Å². The van der Waals surface area contributed by atoms with Crippen LogP contribution in [-0.2, 0) is 14.8 Å². The fourth-order valence-electron chi connectivity index (χ4n) is 1.51. The number of amides is 1. The number of sulfonamides is 1. The monoisotopic (exact) mass is 315 g/mol. The van der Waals surface area contributed by atoms with Gasteiger partial charge in [-0.25, -0.2) is 9.71 Å². The Morgan fingerprint density at radius 2 is 2.00 bits per heavy atom. The van der Waals surface area contributed by atoms with E-state index in [-0.39, 0.29) is 10.2 Å². The van der Waals surface area contributed by atoms with Crippen molar-refractivity contribution in [1.82, 2.24) is 14.1 Å². The quantitative estimate of drug-likeness (QED) is 0.917. The van der Waals surface area contributed by atoms with Crippen LogP contribution in [0.25, 0.3) is 5.65 Å². The first-order valence-corrected chi connectivity index (χ1v) is 7.69. The number of imidazole rings is 1. The molecular formula is C12H14ClN3O3S. The molecule has 2 heterocycles. The van der Waals surface area contributed by atoms with Gasteiger partial charge in [-0.15, -0.1) is 0 Å². The normalized spacial score (nSPS) is 12.6. The summed E-state index contributed by atoms with van der Waals surface area (Å²) in [6.07, 6.45) is 1.52. The average Bonchev–Trinajstić information content (AvgIpc) is 2.63. The smallest absolute Gasteiger partial charge is 0.283 e. The Bertz CT molecular complexity index is 775. The third-order valence-corrected chi connectivity index (χ3v) is 4.34. The number of hydrogen-bond donors (Lipinski definition) is 1. The molecule has 2 rings (SSSR count). The molecule has 108 valence electrons. The molecule has 8 heteroatoms. The first kappa shape index (κ1) is 14.8. The summed E-state index contributed by atoms with van der Waals surface area (Å²) in [5, 5.41) is -0.419. The molecule has 1 amide bonds. The summed E-state index contributed by atoms with van der Waals surface area (Å²) in [5.74, 6) is -0.612. The number of rotatable bonds is 2. The number of aromatic nitrogens is 2. The molecule has 2 aromatic rings. The van der Waals surface area contributed by atoms with Crippen LogP contribution in [0.3, 0.4) is 0 Å². The predicted octanol–water partition coefficient (Wildman–Crippen LogP) is 1.84.